The summed E-state index contributed by atoms with van der Waals surface area (Å²) in [6.45, 7) is 2.00. The van der Waals surface area contributed by atoms with E-state index >= 15 is 0 Å². The van der Waals surface area contributed by atoms with Crippen LogP contribution >= 0.6 is 27.7 Å². The molecule has 8 nitrogen and oxygen atoms in total. The summed E-state index contributed by atoms with van der Waals surface area (Å²) in [5.74, 6) is 2.09. The molecule has 0 aliphatic heterocycles. The lowest BCUT2D eigenvalue weighted by atomic mass is 10.2. The van der Waals surface area contributed by atoms with Gasteiger partial charge in [-0.1, -0.05) is 39.8 Å². The average molecular weight is 459 g/mol. The fourth-order valence-electron chi connectivity index (χ4n) is 2.56. The second kappa shape index (κ2) is 8.11. The number of rotatable bonds is 6. The SMILES string of the molecule is COc1ccc(C)cc1-n1nnnc1SCc1nnc(-c2cccc(Br)c2)o1. The number of aromatic nitrogens is 6. The number of hydrogen-bond donors (Lipinski definition) is 0. The Balaban J connectivity index is 1.53. The van der Waals surface area contributed by atoms with Gasteiger partial charge in [0.15, 0.2) is 0 Å². The Morgan fingerprint density at radius 1 is 1.14 bits per heavy atom. The van der Waals surface area contributed by atoms with Gasteiger partial charge in [-0.25, -0.2) is 0 Å². The lowest BCUT2D eigenvalue weighted by Gasteiger charge is -2.09. The van der Waals surface area contributed by atoms with Crippen molar-refractivity contribution in [3.05, 3.63) is 58.4 Å². The van der Waals surface area contributed by atoms with E-state index in [1.165, 1.54) is 11.8 Å². The molecule has 0 saturated heterocycles. The molecule has 4 rings (SSSR count). The van der Waals surface area contributed by atoms with E-state index in [1.807, 2.05) is 49.4 Å². The molecule has 0 aliphatic carbocycles. The normalized spacial score (nSPS) is 11.0. The lowest BCUT2D eigenvalue weighted by molar-refractivity contribution is 0.410. The number of hydrogen-bond acceptors (Lipinski definition) is 8. The molecule has 2 heterocycles. The molecule has 0 amide bonds. The highest BCUT2D eigenvalue weighted by molar-refractivity contribution is 9.10. The van der Waals surface area contributed by atoms with Crippen LogP contribution in [0.5, 0.6) is 5.75 Å². The minimum atomic E-state index is 0.440. The average Bonchev–Trinajstić information content (AvgIpc) is 3.36. The number of tetrazole rings is 1. The largest absolute Gasteiger partial charge is 0.494 e. The van der Waals surface area contributed by atoms with Crippen molar-refractivity contribution in [3.8, 4) is 22.9 Å². The topological polar surface area (TPSA) is 91.8 Å². The minimum Gasteiger partial charge on any atom is -0.494 e. The molecule has 0 fully saturated rings. The molecular formula is C18H15BrN6O2S. The monoisotopic (exact) mass is 458 g/mol. The third-order valence-corrected chi connectivity index (χ3v) is 5.26. The second-order valence-corrected chi connectivity index (χ2v) is 7.71. The van der Waals surface area contributed by atoms with Gasteiger partial charge in [-0.3, -0.25) is 0 Å². The van der Waals surface area contributed by atoms with Crippen LogP contribution in [0.2, 0.25) is 0 Å². The van der Waals surface area contributed by atoms with Crippen LogP contribution in [0.4, 0.5) is 0 Å². The summed E-state index contributed by atoms with van der Waals surface area (Å²) in [5.41, 5.74) is 2.71. The maximum absolute atomic E-state index is 5.77. The van der Waals surface area contributed by atoms with Crippen molar-refractivity contribution in [2.75, 3.05) is 7.11 Å². The number of thioether (sulfide) groups is 1. The first-order valence-corrected chi connectivity index (χ1v) is 10.1. The van der Waals surface area contributed by atoms with Gasteiger partial charge in [0.1, 0.15) is 11.4 Å². The third-order valence-electron chi connectivity index (χ3n) is 3.87. The number of benzene rings is 2. The summed E-state index contributed by atoms with van der Waals surface area (Å²) in [6.07, 6.45) is 0. The summed E-state index contributed by atoms with van der Waals surface area (Å²) in [6, 6.07) is 13.5. The zero-order valence-electron chi connectivity index (χ0n) is 15.0. The molecule has 0 N–H and O–H groups in total. The Morgan fingerprint density at radius 2 is 2.04 bits per heavy atom. The Hall–Kier alpha value is -2.72. The van der Waals surface area contributed by atoms with Crippen LogP contribution in [0.1, 0.15) is 11.5 Å². The van der Waals surface area contributed by atoms with E-state index in [0.29, 0.717) is 28.4 Å². The Kier molecular flexibility index (Phi) is 5.40. The van der Waals surface area contributed by atoms with E-state index in [1.54, 1.807) is 11.8 Å². The van der Waals surface area contributed by atoms with Gasteiger partial charge >= 0.3 is 0 Å². The highest BCUT2D eigenvalue weighted by atomic mass is 79.9. The van der Waals surface area contributed by atoms with Crippen molar-refractivity contribution in [2.24, 2.45) is 0 Å². The zero-order valence-corrected chi connectivity index (χ0v) is 17.4. The van der Waals surface area contributed by atoms with Gasteiger partial charge in [-0.2, -0.15) is 4.68 Å². The van der Waals surface area contributed by atoms with Gasteiger partial charge in [0, 0.05) is 10.0 Å². The lowest BCUT2D eigenvalue weighted by Crippen LogP contribution is -2.02. The van der Waals surface area contributed by atoms with Gasteiger partial charge in [0.25, 0.3) is 0 Å². The predicted octanol–water partition coefficient (Wildman–Crippen LogP) is 4.08. The van der Waals surface area contributed by atoms with Crippen LogP contribution < -0.4 is 4.74 Å². The molecule has 0 atom stereocenters. The fraction of sp³-hybridized carbons (Fsp3) is 0.167. The van der Waals surface area contributed by atoms with Crippen LogP contribution in [0.15, 0.2) is 56.5 Å². The van der Waals surface area contributed by atoms with Gasteiger partial charge in [0.2, 0.25) is 16.9 Å². The van der Waals surface area contributed by atoms with E-state index in [0.717, 1.165) is 21.3 Å². The summed E-state index contributed by atoms with van der Waals surface area (Å²) in [5, 5.41) is 20.8. The summed E-state index contributed by atoms with van der Waals surface area (Å²) >= 11 is 4.85. The Bertz CT molecular complexity index is 1110. The number of aryl methyl sites for hydroxylation is 1. The van der Waals surface area contributed by atoms with Crippen LogP contribution in [0, 0.1) is 6.92 Å². The van der Waals surface area contributed by atoms with Crippen molar-refractivity contribution in [3.63, 3.8) is 0 Å². The van der Waals surface area contributed by atoms with E-state index in [4.69, 9.17) is 9.15 Å². The maximum Gasteiger partial charge on any atom is 0.247 e. The van der Waals surface area contributed by atoms with Crippen molar-refractivity contribution < 1.29 is 9.15 Å². The number of halogens is 1. The van der Waals surface area contributed by atoms with Crippen molar-refractivity contribution in [2.45, 2.75) is 17.8 Å². The third kappa shape index (κ3) is 3.92. The molecule has 4 aromatic rings. The predicted molar refractivity (Wildman–Crippen MR) is 107 cm³/mol. The number of nitrogens with zero attached hydrogens (tertiary/aromatic N) is 6. The molecule has 142 valence electrons. The van der Waals surface area contributed by atoms with Crippen molar-refractivity contribution in [1.29, 1.82) is 0 Å². The Morgan fingerprint density at radius 3 is 2.86 bits per heavy atom. The summed E-state index contributed by atoms with van der Waals surface area (Å²) < 4.78 is 13.8. The van der Waals surface area contributed by atoms with Gasteiger partial charge in [0.05, 0.1) is 12.9 Å². The minimum absolute atomic E-state index is 0.440. The standard InChI is InChI=1S/C18H15BrN6O2S/c1-11-6-7-15(26-2)14(8-11)25-18(22-23-24-25)28-10-16-20-21-17(27-16)12-4-3-5-13(19)9-12/h3-9H,10H2,1-2H3. The number of methoxy groups -OCH3 is 1. The fourth-order valence-corrected chi connectivity index (χ4v) is 3.68. The molecule has 28 heavy (non-hydrogen) atoms. The maximum atomic E-state index is 5.77. The molecule has 2 aromatic carbocycles. The smallest absolute Gasteiger partial charge is 0.247 e. The van der Waals surface area contributed by atoms with Gasteiger partial charge < -0.3 is 9.15 Å². The van der Waals surface area contributed by atoms with Gasteiger partial charge in [-0.15, -0.1) is 15.3 Å². The molecule has 0 saturated carbocycles. The highest BCUT2D eigenvalue weighted by Crippen LogP contribution is 2.29. The first-order valence-electron chi connectivity index (χ1n) is 8.28. The van der Waals surface area contributed by atoms with Crippen LogP contribution in [-0.4, -0.2) is 37.5 Å². The summed E-state index contributed by atoms with van der Waals surface area (Å²) in [4.78, 5) is 0. The van der Waals surface area contributed by atoms with Crippen LogP contribution in [0.3, 0.4) is 0 Å². The van der Waals surface area contributed by atoms with E-state index in [2.05, 4.69) is 41.7 Å². The first-order chi connectivity index (χ1) is 13.6. The highest BCUT2D eigenvalue weighted by Gasteiger charge is 2.16. The number of ether oxygens (including phenoxy) is 1. The molecule has 0 aliphatic rings. The molecular weight excluding hydrogens is 444 g/mol. The molecule has 0 bridgehead atoms. The van der Waals surface area contributed by atoms with E-state index < -0.39 is 0 Å². The van der Waals surface area contributed by atoms with Gasteiger partial charge in [-0.05, 0) is 53.2 Å². The van der Waals surface area contributed by atoms with E-state index in [9.17, 15) is 0 Å². The van der Waals surface area contributed by atoms with Crippen molar-refractivity contribution in [1.82, 2.24) is 30.4 Å². The van der Waals surface area contributed by atoms with Crippen molar-refractivity contribution >= 4 is 27.7 Å². The Labute approximate surface area is 173 Å². The van der Waals surface area contributed by atoms with Crippen LogP contribution in [-0.2, 0) is 5.75 Å². The second-order valence-electron chi connectivity index (χ2n) is 5.85. The first kappa shape index (κ1) is 18.6. The van der Waals surface area contributed by atoms with Crippen LogP contribution in [0.25, 0.3) is 17.1 Å². The molecule has 2 aromatic heterocycles. The summed E-state index contributed by atoms with van der Waals surface area (Å²) in [7, 11) is 1.62. The quantitative estimate of drug-likeness (QED) is 0.399. The molecule has 0 spiro atoms. The van der Waals surface area contributed by atoms with E-state index in [-0.39, 0.29) is 0 Å². The zero-order chi connectivity index (χ0) is 19.5. The molecule has 0 radical (unpaired) electrons. The molecule has 0 unspecified atom stereocenters. The molecule has 10 heteroatoms.